The molecule has 134 valence electrons. The third-order valence-electron chi connectivity index (χ3n) is 4.19. The third-order valence-corrected chi connectivity index (χ3v) is 4.19. The smallest absolute Gasteiger partial charge is 0.244 e. The van der Waals surface area contributed by atoms with Crippen molar-refractivity contribution < 1.29 is 13.9 Å². The number of hydrogen-bond donors (Lipinski definition) is 1. The maximum Gasteiger partial charge on any atom is 0.244 e. The number of rotatable bonds is 6. The van der Waals surface area contributed by atoms with Crippen molar-refractivity contribution in [3.8, 4) is 0 Å². The lowest BCUT2D eigenvalue weighted by atomic mass is 10.2. The van der Waals surface area contributed by atoms with E-state index in [4.69, 9.17) is 9.15 Å². The number of carbonyl (C=O) groups is 1. The predicted octanol–water partition coefficient (Wildman–Crippen LogP) is 2.92. The molecule has 1 aliphatic rings. The van der Waals surface area contributed by atoms with E-state index in [0.29, 0.717) is 18.2 Å². The Balaban J connectivity index is 1.47. The van der Waals surface area contributed by atoms with E-state index in [1.165, 1.54) is 6.08 Å². The van der Waals surface area contributed by atoms with Gasteiger partial charge in [0.15, 0.2) is 0 Å². The molecule has 2 aromatic rings. The molecule has 1 amide bonds. The fraction of sp³-hybridized carbons (Fsp3) is 0.450. The molecule has 25 heavy (non-hydrogen) atoms. The van der Waals surface area contributed by atoms with Crippen LogP contribution >= 0.6 is 0 Å². The standard InChI is InChI=1S/C20H26N2O3/c1-15(2)13-22-9-10-24-18(14-22)12-21-20(23)8-7-17-11-16-5-3-4-6-19(16)25-17/h3-8,11,15,18H,9-10,12-14H2,1-2H3,(H,21,23)/b8-7+. The van der Waals surface area contributed by atoms with Crippen molar-refractivity contribution in [2.24, 2.45) is 5.92 Å². The number of fused-ring (bicyclic) bond motifs is 1. The van der Waals surface area contributed by atoms with Gasteiger partial charge in [0.25, 0.3) is 0 Å². The molecule has 0 bridgehead atoms. The van der Waals surface area contributed by atoms with Crippen LogP contribution in [0.25, 0.3) is 17.0 Å². The topological polar surface area (TPSA) is 54.7 Å². The number of nitrogens with zero attached hydrogens (tertiary/aromatic N) is 1. The van der Waals surface area contributed by atoms with Crippen LogP contribution in [-0.2, 0) is 9.53 Å². The fourth-order valence-corrected chi connectivity index (χ4v) is 3.10. The van der Waals surface area contributed by atoms with Gasteiger partial charge in [-0.25, -0.2) is 0 Å². The molecule has 1 aliphatic heterocycles. The highest BCUT2D eigenvalue weighted by atomic mass is 16.5. The molecule has 5 nitrogen and oxygen atoms in total. The Labute approximate surface area is 148 Å². The molecule has 1 unspecified atom stereocenters. The van der Waals surface area contributed by atoms with Crippen LogP contribution < -0.4 is 5.32 Å². The quantitative estimate of drug-likeness (QED) is 0.820. The molecular formula is C20H26N2O3. The first-order valence-electron chi connectivity index (χ1n) is 8.88. The van der Waals surface area contributed by atoms with Crippen LogP contribution in [0.15, 0.2) is 40.8 Å². The van der Waals surface area contributed by atoms with Crippen LogP contribution in [0.5, 0.6) is 0 Å². The van der Waals surface area contributed by atoms with Crippen molar-refractivity contribution in [1.29, 1.82) is 0 Å². The Morgan fingerprint density at radius 2 is 2.24 bits per heavy atom. The second kappa shape index (κ2) is 8.32. The monoisotopic (exact) mass is 342 g/mol. The second-order valence-corrected chi connectivity index (χ2v) is 6.91. The van der Waals surface area contributed by atoms with Gasteiger partial charge in [0.05, 0.1) is 12.7 Å². The highest BCUT2D eigenvalue weighted by molar-refractivity contribution is 5.92. The molecule has 0 radical (unpaired) electrons. The molecule has 0 saturated carbocycles. The summed E-state index contributed by atoms with van der Waals surface area (Å²) in [5.41, 5.74) is 0.823. The molecule has 3 rings (SSSR count). The van der Waals surface area contributed by atoms with Gasteiger partial charge in [0.2, 0.25) is 5.91 Å². The number of benzene rings is 1. The second-order valence-electron chi connectivity index (χ2n) is 6.91. The van der Waals surface area contributed by atoms with E-state index < -0.39 is 0 Å². The van der Waals surface area contributed by atoms with E-state index in [1.807, 2.05) is 30.3 Å². The molecule has 1 N–H and O–H groups in total. The SMILES string of the molecule is CC(C)CN1CCOC(CNC(=O)/C=C/c2cc3ccccc3o2)C1. The molecule has 1 aromatic heterocycles. The molecule has 2 heterocycles. The largest absolute Gasteiger partial charge is 0.457 e. The summed E-state index contributed by atoms with van der Waals surface area (Å²) in [6, 6.07) is 9.71. The van der Waals surface area contributed by atoms with Crippen LogP contribution in [0, 0.1) is 5.92 Å². The number of nitrogens with one attached hydrogen (secondary N) is 1. The van der Waals surface area contributed by atoms with Crippen molar-refractivity contribution in [1.82, 2.24) is 10.2 Å². The number of para-hydroxylation sites is 1. The van der Waals surface area contributed by atoms with Crippen LogP contribution in [0.2, 0.25) is 0 Å². The molecule has 0 aliphatic carbocycles. The summed E-state index contributed by atoms with van der Waals surface area (Å²) >= 11 is 0. The highest BCUT2D eigenvalue weighted by Gasteiger charge is 2.21. The molecule has 1 fully saturated rings. The Morgan fingerprint density at radius 3 is 3.04 bits per heavy atom. The van der Waals surface area contributed by atoms with Gasteiger partial charge in [-0.2, -0.15) is 0 Å². The summed E-state index contributed by atoms with van der Waals surface area (Å²) in [6.45, 7) is 8.59. The van der Waals surface area contributed by atoms with Crippen LogP contribution in [-0.4, -0.2) is 49.7 Å². The Morgan fingerprint density at radius 1 is 1.40 bits per heavy atom. The minimum absolute atomic E-state index is 0.0519. The number of carbonyl (C=O) groups excluding carboxylic acids is 1. The minimum Gasteiger partial charge on any atom is -0.457 e. The van der Waals surface area contributed by atoms with Crippen LogP contribution in [0.3, 0.4) is 0 Å². The van der Waals surface area contributed by atoms with Crippen LogP contribution in [0.4, 0.5) is 0 Å². The lowest BCUT2D eigenvalue weighted by molar-refractivity contribution is -0.117. The average Bonchev–Trinajstić information content (AvgIpc) is 3.01. The summed E-state index contributed by atoms with van der Waals surface area (Å²) in [5, 5.41) is 3.94. The normalized spacial score (nSPS) is 19.1. The Hall–Kier alpha value is -2.11. The number of furan rings is 1. The lowest BCUT2D eigenvalue weighted by Crippen LogP contribution is -2.48. The van der Waals surface area contributed by atoms with Crippen molar-refractivity contribution in [3.63, 3.8) is 0 Å². The summed E-state index contributed by atoms with van der Waals surface area (Å²) < 4.78 is 11.4. The van der Waals surface area contributed by atoms with Gasteiger partial charge < -0.3 is 14.5 Å². The van der Waals surface area contributed by atoms with E-state index >= 15 is 0 Å². The van der Waals surface area contributed by atoms with E-state index in [0.717, 1.165) is 37.2 Å². The molecule has 1 atom stereocenters. The average molecular weight is 342 g/mol. The third kappa shape index (κ3) is 5.18. The van der Waals surface area contributed by atoms with Gasteiger partial charge in [0.1, 0.15) is 11.3 Å². The van der Waals surface area contributed by atoms with Gasteiger partial charge in [-0.3, -0.25) is 9.69 Å². The fourth-order valence-electron chi connectivity index (χ4n) is 3.10. The zero-order valence-electron chi connectivity index (χ0n) is 14.9. The number of morpholine rings is 1. The predicted molar refractivity (Wildman–Crippen MR) is 99.3 cm³/mol. The maximum atomic E-state index is 12.0. The maximum absolute atomic E-state index is 12.0. The summed E-state index contributed by atoms with van der Waals surface area (Å²) in [5.74, 6) is 1.18. The number of hydrogen-bond acceptors (Lipinski definition) is 4. The van der Waals surface area contributed by atoms with Crippen LogP contribution in [0.1, 0.15) is 19.6 Å². The van der Waals surface area contributed by atoms with Crippen molar-refractivity contribution in [2.75, 3.05) is 32.8 Å². The molecule has 1 aromatic carbocycles. The first kappa shape index (κ1) is 17.7. The molecule has 5 heteroatoms. The van der Waals surface area contributed by atoms with Gasteiger partial charge in [-0.15, -0.1) is 0 Å². The molecule has 0 spiro atoms. The summed E-state index contributed by atoms with van der Waals surface area (Å²) in [6.07, 6.45) is 3.25. The highest BCUT2D eigenvalue weighted by Crippen LogP contribution is 2.19. The minimum atomic E-state index is -0.134. The number of ether oxygens (including phenoxy) is 1. The van der Waals surface area contributed by atoms with E-state index in [1.54, 1.807) is 6.08 Å². The van der Waals surface area contributed by atoms with Gasteiger partial charge in [-0.05, 0) is 24.1 Å². The van der Waals surface area contributed by atoms with E-state index in [9.17, 15) is 4.79 Å². The van der Waals surface area contributed by atoms with Gasteiger partial charge >= 0.3 is 0 Å². The first-order valence-corrected chi connectivity index (χ1v) is 8.88. The molecule has 1 saturated heterocycles. The number of amides is 1. The zero-order valence-corrected chi connectivity index (χ0v) is 14.9. The first-order chi connectivity index (χ1) is 12.1. The Bertz CT molecular complexity index is 702. The Kier molecular flexibility index (Phi) is 5.89. The van der Waals surface area contributed by atoms with Gasteiger partial charge in [0, 0.05) is 37.6 Å². The van der Waals surface area contributed by atoms with E-state index in [2.05, 4.69) is 24.1 Å². The lowest BCUT2D eigenvalue weighted by Gasteiger charge is -2.33. The van der Waals surface area contributed by atoms with Crippen molar-refractivity contribution >= 4 is 23.0 Å². The summed E-state index contributed by atoms with van der Waals surface area (Å²) in [7, 11) is 0. The molecular weight excluding hydrogens is 316 g/mol. The van der Waals surface area contributed by atoms with Gasteiger partial charge in [-0.1, -0.05) is 32.0 Å². The zero-order chi connectivity index (χ0) is 17.6. The summed E-state index contributed by atoms with van der Waals surface area (Å²) in [4.78, 5) is 14.4. The van der Waals surface area contributed by atoms with Crippen molar-refractivity contribution in [3.05, 3.63) is 42.2 Å². The van der Waals surface area contributed by atoms with E-state index in [-0.39, 0.29) is 12.0 Å². The van der Waals surface area contributed by atoms with Crippen molar-refractivity contribution in [2.45, 2.75) is 20.0 Å².